The molecule has 1 rings (SSSR count). The lowest BCUT2D eigenvalue weighted by atomic mass is 10.0. The fourth-order valence-electron chi connectivity index (χ4n) is 1.28. The number of benzene rings is 1. The molecule has 1 N–H and O–H groups in total. The van der Waals surface area contributed by atoms with Gasteiger partial charge in [-0.15, -0.1) is 0 Å². The molecule has 0 bridgehead atoms. The monoisotopic (exact) mass is 217 g/mol. The topological polar surface area (TPSA) is 78.2 Å². The molecule has 0 saturated heterocycles. The zero-order valence-corrected chi connectivity index (χ0v) is 8.64. The van der Waals surface area contributed by atoms with E-state index in [1.165, 1.54) is 0 Å². The van der Waals surface area contributed by atoms with E-state index < -0.39 is 5.97 Å². The van der Waals surface area contributed by atoms with Crippen molar-refractivity contribution in [1.29, 1.82) is 5.26 Å². The lowest BCUT2D eigenvalue weighted by molar-refractivity contribution is -0.136. The van der Waals surface area contributed by atoms with E-state index in [-0.39, 0.29) is 18.6 Å². The van der Waals surface area contributed by atoms with E-state index >= 15 is 0 Å². The van der Waals surface area contributed by atoms with Gasteiger partial charge in [-0.3, -0.25) is 9.59 Å². The standard InChI is InChI=1S/C12H11NO3/c13-8-7-11(14)10-4-1-9(2-5-10)3-6-12(15)16/h1-2,4-5H,3,6-7H2,(H,15,16). The molecule has 16 heavy (non-hydrogen) atoms. The number of hydrogen-bond acceptors (Lipinski definition) is 3. The average molecular weight is 217 g/mol. The molecule has 82 valence electrons. The van der Waals surface area contributed by atoms with Gasteiger partial charge >= 0.3 is 5.97 Å². The van der Waals surface area contributed by atoms with E-state index in [9.17, 15) is 9.59 Å². The minimum atomic E-state index is -0.843. The first-order chi connectivity index (χ1) is 7.63. The number of carboxylic acid groups (broad SMARTS) is 1. The fraction of sp³-hybridized carbons (Fsp3) is 0.250. The van der Waals surface area contributed by atoms with Crippen molar-refractivity contribution in [3.05, 3.63) is 35.4 Å². The summed E-state index contributed by atoms with van der Waals surface area (Å²) in [5.74, 6) is -1.06. The molecule has 0 saturated carbocycles. The summed E-state index contributed by atoms with van der Waals surface area (Å²) >= 11 is 0. The Morgan fingerprint density at radius 3 is 2.38 bits per heavy atom. The first-order valence-corrected chi connectivity index (χ1v) is 4.84. The Balaban J connectivity index is 2.65. The number of Topliss-reactive ketones (excluding diaryl/α,β-unsaturated/α-hetero) is 1. The first-order valence-electron chi connectivity index (χ1n) is 4.84. The van der Waals surface area contributed by atoms with E-state index in [0.717, 1.165) is 5.56 Å². The number of carboxylic acids is 1. The van der Waals surface area contributed by atoms with Gasteiger partial charge in [-0.25, -0.2) is 0 Å². The first kappa shape index (κ1) is 11.9. The van der Waals surface area contributed by atoms with Crippen LogP contribution < -0.4 is 0 Å². The van der Waals surface area contributed by atoms with Crippen molar-refractivity contribution in [3.63, 3.8) is 0 Å². The molecule has 4 nitrogen and oxygen atoms in total. The molecular weight excluding hydrogens is 206 g/mol. The SMILES string of the molecule is N#CCC(=O)c1ccc(CCC(=O)O)cc1. The number of ketones is 1. The molecule has 0 aliphatic rings. The van der Waals surface area contributed by atoms with Gasteiger partial charge in [-0.1, -0.05) is 24.3 Å². The van der Waals surface area contributed by atoms with Gasteiger partial charge in [-0.2, -0.15) is 5.26 Å². The van der Waals surface area contributed by atoms with Gasteiger partial charge < -0.3 is 5.11 Å². The largest absolute Gasteiger partial charge is 0.481 e. The Bertz CT molecular complexity index is 429. The second kappa shape index (κ2) is 5.66. The van der Waals surface area contributed by atoms with Crippen molar-refractivity contribution in [3.8, 4) is 6.07 Å². The molecule has 0 radical (unpaired) electrons. The van der Waals surface area contributed by atoms with Crippen LogP contribution in [0.1, 0.15) is 28.8 Å². The lowest BCUT2D eigenvalue weighted by Gasteiger charge is -2.00. The number of carbonyl (C=O) groups excluding carboxylic acids is 1. The highest BCUT2D eigenvalue weighted by Crippen LogP contribution is 2.08. The van der Waals surface area contributed by atoms with Crippen LogP contribution >= 0.6 is 0 Å². The molecule has 0 aromatic heterocycles. The van der Waals surface area contributed by atoms with Crippen LogP contribution in [0.3, 0.4) is 0 Å². The van der Waals surface area contributed by atoms with Gasteiger partial charge in [0.1, 0.15) is 0 Å². The van der Waals surface area contributed by atoms with E-state index in [4.69, 9.17) is 10.4 Å². The number of rotatable bonds is 5. The fourth-order valence-corrected chi connectivity index (χ4v) is 1.28. The minimum Gasteiger partial charge on any atom is -0.481 e. The van der Waals surface area contributed by atoms with Gasteiger partial charge in [-0.05, 0) is 12.0 Å². The Kier molecular flexibility index (Phi) is 4.22. The van der Waals surface area contributed by atoms with Crippen molar-refractivity contribution in [2.45, 2.75) is 19.3 Å². The maximum absolute atomic E-state index is 11.3. The van der Waals surface area contributed by atoms with Gasteiger partial charge in [0.15, 0.2) is 5.78 Å². The second-order valence-electron chi connectivity index (χ2n) is 3.35. The quantitative estimate of drug-likeness (QED) is 0.763. The van der Waals surface area contributed by atoms with E-state index in [1.54, 1.807) is 30.3 Å². The third-order valence-electron chi connectivity index (χ3n) is 2.14. The van der Waals surface area contributed by atoms with Crippen LogP contribution in [0.15, 0.2) is 24.3 Å². The number of nitriles is 1. The molecule has 1 aromatic rings. The molecule has 0 spiro atoms. The van der Waals surface area contributed by atoms with Crippen LogP contribution in [-0.4, -0.2) is 16.9 Å². The molecule has 0 unspecified atom stereocenters. The number of carbonyl (C=O) groups is 2. The summed E-state index contributed by atoms with van der Waals surface area (Å²) in [7, 11) is 0. The highest BCUT2D eigenvalue weighted by molar-refractivity contribution is 5.97. The molecule has 1 aromatic carbocycles. The normalized spacial score (nSPS) is 9.44. The van der Waals surface area contributed by atoms with Gasteiger partial charge in [0.25, 0.3) is 0 Å². The zero-order chi connectivity index (χ0) is 12.0. The Labute approximate surface area is 93.1 Å². The van der Waals surface area contributed by atoms with Crippen molar-refractivity contribution in [2.24, 2.45) is 0 Å². The predicted molar refractivity (Wildman–Crippen MR) is 57.0 cm³/mol. The van der Waals surface area contributed by atoms with Crippen LogP contribution in [0, 0.1) is 11.3 Å². The summed E-state index contributed by atoms with van der Waals surface area (Å²) in [5, 5.41) is 16.9. The Hall–Kier alpha value is -2.15. The van der Waals surface area contributed by atoms with Crippen molar-refractivity contribution in [1.82, 2.24) is 0 Å². The van der Waals surface area contributed by atoms with E-state index in [1.807, 2.05) is 0 Å². The number of nitrogens with zero attached hydrogens (tertiary/aromatic N) is 1. The van der Waals surface area contributed by atoms with Gasteiger partial charge in [0.2, 0.25) is 0 Å². The molecule has 0 heterocycles. The maximum Gasteiger partial charge on any atom is 0.303 e. The summed E-state index contributed by atoms with van der Waals surface area (Å²) < 4.78 is 0. The smallest absolute Gasteiger partial charge is 0.303 e. The highest BCUT2D eigenvalue weighted by Gasteiger charge is 2.05. The number of hydrogen-bond donors (Lipinski definition) is 1. The van der Waals surface area contributed by atoms with Crippen molar-refractivity contribution >= 4 is 11.8 Å². The third kappa shape index (κ3) is 3.54. The molecule has 0 amide bonds. The molecular formula is C12H11NO3. The van der Waals surface area contributed by atoms with Crippen LogP contribution in [0.4, 0.5) is 0 Å². The van der Waals surface area contributed by atoms with Crippen LogP contribution in [0.5, 0.6) is 0 Å². The minimum absolute atomic E-state index is 0.0749. The predicted octanol–water partition coefficient (Wildman–Crippen LogP) is 1.80. The van der Waals surface area contributed by atoms with Crippen molar-refractivity contribution < 1.29 is 14.7 Å². The molecule has 4 heteroatoms. The molecule has 0 aliphatic heterocycles. The highest BCUT2D eigenvalue weighted by atomic mass is 16.4. The maximum atomic E-state index is 11.3. The van der Waals surface area contributed by atoms with E-state index in [2.05, 4.69) is 0 Å². The Morgan fingerprint density at radius 2 is 1.88 bits per heavy atom. The van der Waals surface area contributed by atoms with Gasteiger partial charge in [0, 0.05) is 12.0 Å². The van der Waals surface area contributed by atoms with Gasteiger partial charge in [0.05, 0.1) is 12.5 Å². The lowest BCUT2D eigenvalue weighted by Crippen LogP contribution is -1.99. The average Bonchev–Trinajstić information content (AvgIpc) is 2.27. The Morgan fingerprint density at radius 1 is 1.25 bits per heavy atom. The van der Waals surface area contributed by atoms with Crippen LogP contribution in [0.2, 0.25) is 0 Å². The second-order valence-corrected chi connectivity index (χ2v) is 3.35. The van der Waals surface area contributed by atoms with Crippen LogP contribution in [-0.2, 0) is 11.2 Å². The molecule has 0 aliphatic carbocycles. The summed E-state index contributed by atoms with van der Waals surface area (Å²) in [6.45, 7) is 0. The summed E-state index contributed by atoms with van der Waals surface area (Å²) in [5.41, 5.74) is 1.36. The summed E-state index contributed by atoms with van der Waals surface area (Å²) in [6, 6.07) is 8.47. The third-order valence-corrected chi connectivity index (χ3v) is 2.14. The summed E-state index contributed by atoms with van der Waals surface area (Å²) in [4.78, 5) is 21.6. The number of aryl methyl sites for hydroxylation is 1. The number of aliphatic carboxylic acids is 1. The van der Waals surface area contributed by atoms with Crippen LogP contribution in [0.25, 0.3) is 0 Å². The summed E-state index contributed by atoms with van der Waals surface area (Å²) in [6.07, 6.45) is 0.391. The van der Waals surface area contributed by atoms with E-state index in [0.29, 0.717) is 12.0 Å². The molecule has 0 fully saturated rings. The van der Waals surface area contributed by atoms with Crippen molar-refractivity contribution in [2.75, 3.05) is 0 Å². The zero-order valence-electron chi connectivity index (χ0n) is 8.64. The molecule has 0 atom stereocenters.